The Labute approximate surface area is 314 Å². The number of methoxy groups -OCH3 is 1. The van der Waals surface area contributed by atoms with Crippen molar-refractivity contribution in [2.45, 2.75) is 96.4 Å². The maximum atomic E-state index is 14.2. The minimum Gasteiger partial charge on any atom is -0.496 e. The highest BCUT2D eigenvalue weighted by Gasteiger charge is 2.57. The Morgan fingerprint density at radius 1 is 1.15 bits per heavy atom. The van der Waals surface area contributed by atoms with Crippen LogP contribution >= 0.6 is 11.8 Å². The Kier molecular flexibility index (Phi) is 11.9. The third-order valence-corrected chi connectivity index (χ3v) is 14.4. The number of carbonyl (C=O) groups is 2. The van der Waals surface area contributed by atoms with Gasteiger partial charge in [-0.2, -0.15) is 16.8 Å². The molecular formula is C41H60N4O6S. The molecule has 2 saturated heterocycles. The zero-order chi connectivity index (χ0) is 37.5. The Hall–Kier alpha value is -2.83. The summed E-state index contributed by atoms with van der Waals surface area (Å²) in [4.78, 5) is 36.0. The van der Waals surface area contributed by atoms with Gasteiger partial charge in [-0.25, -0.2) is 0 Å². The number of para-hydroxylation sites is 1. The second-order valence-electron chi connectivity index (χ2n) is 16.7. The molecular weight excluding hydrogens is 677 g/mol. The number of aliphatic hydroxyl groups is 2. The monoisotopic (exact) mass is 736 g/mol. The van der Waals surface area contributed by atoms with Crippen molar-refractivity contribution in [3.8, 4) is 16.9 Å². The van der Waals surface area contributed by atoms with Crippen molar-refractivity contribution < 1.29 is 29.4 Å². The molecule has 5 fully saturated rings. The predicted octanol–water partition coefficient (Wildman–Crippen LogP) is 5.35. The summed E-state index contributed by atoms with van der Waals surface area (Å²) in [6, 6.07) is 10.9. The lowest BCUT2D eigenvalue weighted by atomic mass is 9.45. The summed E-state index contributed by atoms with van der Waals surface area (Å²) in [6.45, 7) is 11.4. The fourth-order valence-corrected chi connectivity index (χ4v) is 11.0. The SMILES string of the molecule is COc1c(CN2O[C@@H](CO)[C@H]([C@H](C)O)[C@H]2C(=O)N[C@H]2C[C@H]3C[C@@H]([C@@H]2C)C3(C)C)cccc1-c1cc(C(=O)NCCC2CC(C)CS2)cc(N(C)C)c1. The van der Waals surface area contributed by atoms with E-state index in [1.54, 1.807) is 19.1 Å². The highest BCUT2D eigenvalue weighted by atomic mass is 32.2. The maximum absolute atomic E-state index is 14.2. The summed E-state index contributed by atoms with van der Waals surface area (Å²) in [6.07, 6.45) is 2.68. The van der Waals surface area contributed by atoms with Crippen LogP contribution in [0.4, 0.5) is 5.69 Å². The summed E-state index contributed by atoms with van der Waals surface area (Å²) in [7, 11) is 5.53. The van der Waals surface area contributed by atoms with Gasteiger partial charge < -0.3 is 30.5 Å². The van der Waals surface area contributed by atoms with E-state index in [0.29, 0.717) is 46.3 Å². The normalized spacial score (nSPS) is 31.5. The number of carbonyl (C=O) groups excluding carboxylic acids is 2. The molecule has 0 aromatic heterocycles. The van der Waals surface area contributed by atoms with Crippen LogP contribution in [0.2, 0.25) is 0 Å². The van der Waals surface area contributed by atoms with Gasteiger partial charge in [0.15, 0.2) is 0 Å². The van der Waals surface area contributed by atoms with Crippen LogP contribution in [0.5, 0.6) is 5.75 Å². The second kappa shape index (κ2) is 15.9. The molecule has 0 spiro atoms. The summed E-state index contributed by atoms with van der Waals surface area (Å²) >= 11 is 2.00. The van der Waals surface area contributed by atoms with Gasteiger partial charge in [-0.15, -0.1) is 0 Å². The van der Waals surface area contributed by atoms with Crippen LogP contribution in [0.15, 0.2) is 36.4 Å². The zero-order valence-electron chi connectivity index (χ0n) is 32.2. The topological polar surface area (TPSA) is 124 Å². The molecule has 3 saturated carbocycles. The number of fused-ring (bicyclic) bond motifs is 2. The van der Waals surface area contributed by atoms with E-state index in [4.69, 9.17) is 9.57 Å². The van der Waals surface area contributed by atoms with Gasteiger partial charge >= 0.3 is 0 Å². The first kappa shape index (κ1) is 38.9. The molecule has 2 amide bonds. The van der Waals surface area contributed by atoms with Gasteiger partial charge in [0.2, 0.25) is 5.91 Å². The van der Waals surface area contributed by atoms with Gasteiger partial charge in [0.05, 0.1) is 26.4 Å². The molecule has 2 aliphatic heterocycles. The summed E-state index contributed by atoms with van der Waals surface area (Å²) in [5, 5.41) is 30.0. The van der Waals surface area contributed by atoms with Crippen molar-refractivity contribution in [3.63, 3.8) is 0 Å². The van der Waals surface area contributed by atoms with Gasteiger partial charge in [0.1, 0.15) is 17.9 Å². The van der Waals surface area contributed by atoms with Crippen LogP contribution < -0.4 is 20.3 Å². The van der Waals surface area contributed by atoms with E-state index < -0.39 is 24.2 Å². The average molecular weight is 737 g/mol. The first-order chi connectivity index (χ1) is 24.7. The molecule has 2 aromatic carbocycles. The van der Waals surface area contributed by atoms with Gasteiger partial charge in [0, 0.05) is 60.2 Å². The highest BCUT2D eigenvalue weighted by molar-refractivity contribution is 8.00. The van der Waals surface area contributed by atoms with Crippen molar-refractivity contribution in [1.82, 2.24) is 15.7 Å². The molecule has 286 valence electrons. The molecule has 2 unspecified atom stereocenters. The van der Waals surface area contributed by atoms with Crippen molar-refractivity contribution in [2.75, 3.05) is 45.0 Å². The van der Waals surface area contributed by atoms with Crippen LogP contribution in [0.25, 0.3) is 11.1 Å². The van der Waals surface area contributed by atoms with E-state index in [1.165, 1.54) is 18.6 Å². The zero-order valence-corrected chi connectivity index (χ0v) is 33.0. The van der Waals surface area contributed by atoms with E-state index in [0.717, 1.165) is 41.1 Å². The van der Waals surface area contributed by atoms with E-state index in [2.05, 4.69) is 38.3 Å². The third kappa shape index (κ3) is 7.71. The standard InChI is InChI=1S/C41H60N4O6S/c1-23-14-31(52-22-23)12-13-42-39(48)28-15-27(16-30(17-28)44(6)7)32-11-9-10-26(38(32)50-8)20-45-37(36(25(3)47)35(21-46)51-45)40(49)43-34-19-29-18-33(24(34)2)41(29,4)5/h9-11,15-17,23-25,29,31,33-37,46-47H,12-14,18-22H2,1-8H3,(H,42,48)(H,43,49)/t23?,24-,25-,29+,31?,33-,34-,35-,36-,37-/m0/s1. The van der Waals surface area contributed by atoms with Crippen molar-refractivity contribution in [2.24, 2.45) is 35.0 Å². The van der Waals surface area contributed by atoms with Crippen LogP contribution in [-0.4, -0.2) is 96.7 Å². The summed E-state index contributed by atoms with van der Waals surface area (Å²) in [5.74, 6) is 3.08. The van der Waals surface area contributed by atoms with Crippen LogP contribution in [0, 0.1) is 35.0 Å². The number of aliphatic hydroxyl groups excluding tert-OH is 2. The number of anilines is 1. The third-order valence-electron chi connectivity index (χ3n) is 12.7. The average Bonchev–Trinajstić information content (AvgIpc) is 3.71. The molecule has 3 aliphatic carbocycles. The van der Waals surface area contributed by atoms with Crippen molar-refractivity contribution in [3.05, 3.63) is 47.5 Å². The lowest BCUT2D eigenvalue weighted by Gasteiger charge is -2.62. The molecule has 10 nitrogen and oxygen atoms in total. The molecule has 4 N–H and O–H groups in total. The molecule has 52 heavy (non-hydrogen) atoms. The van der Waals surface area contributed by atoms with Crippen LogP contribution in [0.3, 0.4) is 0 Å². The number of hydroxylamine groups is 2. The molecule has 10 atom stereocenters. The Morgan fingerprint density at radius 2 is 1.92 bits per heavy atom. The number of rotatable bonds is 13. The maximum Gasteiger partial charge on any atom is 0.251 e. The quantitative estimate of drug-likeness (QED) is 0.216. The van der Waals surface area contributed by atoms with E-state index >= 15 is 0 Å². The van der Waals surface area contributed by atoms with E-state index in [9.17, 15) is 19.8 Å². The van der Waals surface area contributed by atoms with Gasteiger partial charge in [-0.05, 0) is 91.2 Å². The number of nitrogens with one attached hydrogen (secondary N) is 2. The Balaban J connectivity index is 1.25. The minimum absolute atomic E-state index is 0.0486. The second-order valence-corrected chi connectivity index (χ2v) is 18.1. The number of hydrogen-bond donors (Lipinski definition) is 4. The summed E-state index contributed by atoms with van der Waals surface area (Å²) < 4.78 is 6.07. The number of nitrogens with zero attached hydrogens (tertiary/aromatic N) is 2. The highest BCUT2D eigenvalue weighted by Crippen LogP contribution is 2.61. The Morgan fingerprint density at radius 3 is 2.54 bits per heavy atom. The number of ether oxygens (including phenoxy) is 1. The van der Waals surface area contributed by atoms with Gasteiger partial charge in [-0.3, -0.25) is 14.4 Å². The molecule has 2 bridgehead atoms. The number of hydrogen-bond acceptors (Lipinski definition) is 9. The molecule has 2 aromatic rings. The fraction of sp³-hybridized carbons (Fsp3) is 0.659. The Bertz CT molecular complexity index is 1600. The van der Waals surface area contributed by atoms with E-state index in [-0.39, 0.29) is 31.0 Å². The minimum atomic E-state index is -0.888. The number of benzene rings is 2. The van der Waals surface area contributed by atoms with Crippen molar-refractivity contribution >= 4 is 29.3 Å². The lowest BCUT2D eigenvalue weighted by Crippen LogP contribution is -2.62. The van der Waals surface area contributed by atoms with Gasteiger partial charge in [0.25, 0.3) is 5.91 Å². The van der Waals surface area contributed by atoms with Gasteiger partial charge in [-0.1, -0.05) is 45.9 Å². The van der Waals surface area contributed by atoms with Crippen LogP contribution in [0.1, 0.15) is 76.2 Å². The predicted molar refractivity (Wildman–Crippen MR) is 207 cm³/mol. The summed E-state index contributed by atoms with van der Waals surface area (Å²) in [5.41, 5.74) is 4.16. The lowest BCUT2D eigenvalue weighted by molar-refractivity contribution is -0.183. The number of thioether (sulfide) groups is 1. The fourth-order valence-electron chi connectivity index (χ4n) is 9.52. The first-order valence-corrected chi connectivity index (χ1v) is 20.2. The molecule has 7 rings (SSSR count). The largest absolute Gasteiger partial charge is 0.496 e. The van der Waals surface area contributed by atoms with Crippen LogP contribution in [-0.2, 0) is 16.2 Å². The molecule has 5 aliphatic rings. The molecule has 0 radical (unpaired) electrons. The smallest absolute Gasteiger partial charge is 0.251 e. The number of amides is 2. The molecule has 11 heteroatoms. The van der Waals surface area contributed by atoms with E-state index in [1.807, 2.05) is 67.2 Å². The van der Waals surface area contributed by atoms with Crippen molar-refractivity contribution in [1.29, 1.82) is 0 Å². The molecule has 2 heterocycles. The first-order valence-electron chi connectivity index (χ1n) is 19.1.